The fourth-order valence-corrected chi connectivity index (χ4v) is 4.84. The number of carbonyl (C=O) groups excluding carboxylic acids is 1. The molecule has 0 fully saturated rings. The van der Waals surface area contributed by atoms with Crippen molar-refractivity contribution in [3.8, 4) is 5.75 Å². The Morgan fingerprint density at radius 3 is 2.61 bits per heavy atom. The highest BCUT2D eigenvalue weighted by molar-refractivity contribution is 7.98. The molecule has 0 saturated heterocycles. The van der Waals surface area contributed by atoms with Crippen molar-refractivity contribution in [3.05, 3.63) is 58.1 Å². The van der Waals surface area contributed by atoms with Gasteiger partial charge in [-0.3, -0.25) is 4.79 Å². The van der Waals surface area contributed by atoms with E-state index in [4.69, 9.17) is 23.2 Å². The number of hydrogen-bond donors (Lipinski definition) is 3. The third kappa shape index (κ3) is 6.28. The molecule has 2 aromatic rings. The van der Waals surface area contributed by atoms with Crippen LogP contribution in [0, 0.1) is 0 Å². The molecular formula is C18H20Cl2N2O4S2. The lowest BCUT2D eigenvalue weighted by Gasteiger charge is -2.19. The summed E-state index contributed by atoms with van der Waals surface area (Å²) in [6.07, 6.45) is 2.14. The van der Waals surface area contributed by atoms with E-state index in [1.54, 1.807) is 18.2 Å². The largest absolute Gasteiger partial charge is 0.508 e. The Labute approximate surface area is 178 Å². The molecule has 6 nitrogen and oxygen atoms in total. The number of nitrogens with one attached hydrogen (secondary N) is 2. The van der Waals surface area contributed by atoms with E-state index < -0.39 is 22.0 Å². The van der Waals surface area contributed by atoms with Gasteiger partial charge in [-0.2, -0.15) is 16.5 Å². The number of aromatic hydroxyl groups is 1. The Kier molecular flexibility index (Phi) is 8.45. The first-order chi connectivity index (χ1) is 13.2. The predicted octanol–water partition coefficient (Wildman–Crippen LogP) is 3.42. The van der Waals surface area contributed by atoms with E-state index in [9.17, 15) is 18.3 Å². The number of halogens is 2. The van der Waals surface area contributed by atoms with Crippen molar-refractivity contribution in [1.82, 2.24) is 10.0 Å². The number of rotatable bonds is 9. The van der Waals surface area contributed by atoms with Gasteiger partial charge in [0.15, 0.2) is 0 Å². The normalized spacial score (nSPS) is 12.5. The summed E-state index contributed by atoms with van der Waals surface area (Å²) < 4.78 is 27.9. The molecular weight excluding hydrogens is 443 g/mol. The van der Waals surface area contributed by atoms with E-state index in [1.165, 1.54) is 36.0 Å². The van der Waals surface area contributed by atoms with Crippen LogP contribution in [-0.4, -0.2) is 37.5 Å². The second-order valence-electron chi connectivity index (χ2n) is 5.88. The number of thioether (sulfide) groups is 1. The molecule has 10 heteroatoms. The molecule has 0 spiro atoms. The van der Waals surface area contributed by atoms with E-state index in [1.807, 2.05) is 6.26 Å². The Balaban J connectivity index is 2.16. The van der Waals surface area contributed by atoms with Crippen molar-refractivity contribution in [1.29, 1.82) is 0 Å². The van der Waals surface area contributed by atoms with E-state index in [-0.39, 0.29) is 33.7 Å². The molecule has 152 valence electrons. The molecule has 2 aromatic carbocycles. The minimum absolute atomic E-state index is 0.00938. The molecule has 0 aliphatic carbocycles. The van der Waals surface area contributed by atoms with Crippen LogP contribution in [0.15, 0.2) is 47.4 Å². The lowest BCUT2D eigenvalue weighted by molar-refractivity contribution is -0.122. The highest BCUT2D eigenvalue weighted by Gasteiger charge is 2.27. The summed E-state index contributed by atoms with van der Waals surface area (Å²) in [5, 5.41) is 12.7. The fraction of sp³-hybridized carbons (Fsp3) is 0.278. The standard InChI is InChI=1S/C18H20Cl2N2O4S2/c1-27-9-8-15(18(24)21-11-12-4-2-3-5-16(12)23)22-28(25,26)17-10-13(19)6-7-14(17)20/h2-7,10,15,22-23H,8-9,11H2,1H3,(H,21,24). The molecule has 1 unspecified atom stereocenters. The molecule has 3 N–H and O–H groups in total. The topological polar surface area (TPSA) is 95.5 Å². The van der Waals surface area contributed by atoms with Crippen molar-refractivity contribution in [2.45, 2.75) is 23.9 Å². The molecule has 0 bridgehead atoms. The van der Waals surface area contributed by atoms with E-state index in [0.717, 1.165) is 0 Å². The molecule has 28 heavy (non-hydrogen) atoms. The lowest BCUT2D eigenvalue weighted by atomic mass is 10.2. The van der Waals surface area contributed by atoms with Crippen molar-refractivity contribution in [2.75, 3.05) is 12.0 Å². The Hall–Kier alpha value is -1.45. The fourth-order valence-electron chi connectivity index (χ4n) is 2.38. The molecule has 1 amide bonds. The Morgan fingerprint density at radius 1 is 1.21 bits per heavy atom. The monoisotopic (exact) mass is 462 g/mol. The second-order valence-corrected chi connectivity index (χ2v) is 9.39. The minimum Gasteiger partial charge on any atom is -0.508 e. The minimum atomic E-state index is -4.07. The predicted molar refractivity (Wildman–Crippen MR) is 114 cm³/mol. The quantitative estimate of drug-likeness (QED) is 0.530. The maximum Gasteiger partial charge on any atom is 0.242 e. The lowest BCUT2D eigenvalue weighted by Crippen LogP contribution is -2.46. The van der Waals surface area contributed by atoms with Crippen LogP contribution in [0.25, 0.3) is 0 Å². The second kappa shape index (κ2) is 10.4. The maximum atomic E-state index is 12.7. The first-order valence-electron chi connectivity index (χ1n) is 8.25. The van der Waals surface area contributed by atoms with Gasteiger partial charge >= 0.3 is 0 Å². The van der Waals surface area contributed by atoms with Crippen LogP contribution < -0.4 is 10.0 Å². The first-order valence-corrected chi connectivity index (χ1v) is 11.9. The highest BCUT2D eigenvalue weighted by Crippen LogP contribution is 2.25. The zero-order chi connectivity index (χ0) is 20.7. The van der Waals surface area contributed by atoms with Gasteiger partial charge in [-0.25, -0.2) is 8.42 Å². The number of amides is 1. The van der Waals surface area contributed by atoms with Crippen LogP contribution >= 0.6 is 35.0 Å². The van der Waals surface area contributed by atoms with Crippen molar-refractivity contribution in [3.63, 3.8) is 0 Å². The number of phenols is 1. The number of sulfonamides is 1. The number of carbonyl (C=O) groups is 1. The van der Waals surface area contributed by atoms with Gasteiger partial charge in [0, 0.05) is 17.1 Å². The zero-order valence-electron chi connectivity index (χ0n) is 15.0. The molecule has 0 aromatic heterocycles. The molecule has 1 atom stereocenters. The third-order valence-electron chi connectivity index (χ3n) is 3.85. The molecule has 0 radical (unpaired) electrons. The Morgan fingerprint density at radius 2 is 1.93 bits per heavy atom. The summed E-state index contributed by atoms with van der Waals surface area (Å²) in [6.45, 7) is 0.0704. The average molecular weight is 463 g/mol. The van der Waals surface area contributed by atoms with Gasteiger partial charge in [-0.15, -0.1) is 0 Å². The molecule has 0 saturated carbocycles. The van der Waals surface area contributed by atoms with Gasteiger partial charge in [0.2, 0.25) is 15.9 Å². The van der Waals surface area contributed by atoms with Gasteiger partial charge in [0.1, 0.15) is 16.7 Å². The summed E-state index contributed by atoms with van der Waals surface area (Å²) in [4.78, 5) is 12.4. The molecule has 0 aliphatic rings. The van der Waals surface area contributed by atoms with E-state index >= 15 is 0 Å². The van der Waals surface area contributed by atoms with Crippen LogP contribution in [0.1, 0.15) is 12.0 Å². The van der Waals surface area contributed by atoms with Gasteiger partial charge < -0.3 is 10.4 Å². The summed E-state index contributed by atoms with van der Waals surface area (Å²) in [5.41, 5.74) is 0.528. The molecule has 0 aliphatic heterocycles. The number of hydrogen-bond acceptors (Lipinski definition) is 5. The van der Waals surface area contributed by atoms with Crippen LogP contribution in [0.3, 0.4) is 0 Å². The third-order valence-corrected chi connectivity index (χ3v) is 6.68. The van der Waals surface area contributed by atoms with Gasteiger partial charge in [-0.05, 0) is 42.7 Å². The summed E-state index contributed by atoms with van der Waals surface area (Å²) >= 11 is 13.4. The Bertz CT molecular complexity index is 939. The molecule has 2 rings (SSSR count). The number of para-hydroxylation sites is 1. The molecule has 0 heterocycles. The summed E-state index contributed by atoms with van der Waals surface area (Å²) in [7, 11) is -4.07. The van der Waals surface area contributed by atoms with Gasteiger partial charge in [0.25, 0.3) is 0 Å². The van der Waals surface area contributed by atoms with Crippen molar-refractivity contribution >= 4 is 50.9 Å². The smallest absolute Gasteiger partial charge is 0.242 e. The van der Waals surface area contributed by atoms with Crippen LogP contribution in [0.2, 0.25) is 10.0 Å². The van der Waals surface area contributed by atoms with Gasteiger partial charge in [-0.1, -0.05) is 41.4 Å². The number of benzene rings is 2. The summed E-state index contributed by atoms with van der Waals surface area (Å²) in [6, 6.07) is 9.68. The van der Waals surface area contributed by atoms with Crippen molar-refractivity contribution in [2.24, 2.45) is 0 Å². The average Bonchev–Trinajstić information content (AvgIpc) is 2.66. The summed E-state index contributed by atoms with van der Waals surface area (Å²) in [5.74, 6) is 0.120. The first kappa shape index (κ1) is 22.8. The highest BCUT2D eigenvalue weighted by atomic mass is 35.5. The number of phenolic OH excluding ortho intramolecular Hbond substituents is 1. The maximum absolute atomic E-state index is 12.7. The van der Waals surface area contributed by atoms with E-state index in [2.05, 4.69) is 10.0 Å². The zero-order valence-corrected chi connectivity index (χ0v) is 18.1. The van der Waals surface area contributed by atoms with Crippen LogP contribution in [-0.2, 0) is 21.4 Å². The van der Waals surface area contributed by atoms with Gasteiger partial charge in [0.05, 0.1) is 5.02 Å². The SMILES string of the molecule is CSCCC(NS(=O)(=O)c1cc(Cl)ccc1Cl)C(=O)NCc1ccccc1O. The van der Waals surface area contributed by atoms with Crippen LogP contribution in [0.4, 0.5) is 0 Å². The van der Waals surface area contributed by atoms with Crippen LogP contribution in [0.5, 0.6) is 5.75 Å². The van der Waals surface area contributed by atoms with Crippen molar-refractivity contribution < 1.29 is 18.3 Å². The van der Waals surface area contributed by atoms with E-state index in [0.29, 0.717) is 11.3 Å².